The molecule has 5 nitrogen and oxygen atoms in total. The molecule has 0 spiro atoms. The molecule has 2 heterocycles. The Labute approximate surface area is 180 Å². The Morgan fingerprint density at radius 2 is 1.67 bits per heavy atom. The lowest BCUT2D eigenvalue weighted by molar-refractivity contribution is 0.0303. The van der Waals surface area contributed by atoms with Gasteiger partial charge in [0.25, 0.3) is 0 Å². The molecule has 6 heteroatoms. The van der Waals surface area contributed by atoms with Crippen molar-refractivity contribution in [3.63, 3.8) is 0 Å². The fourth-order valence-electron chi connectivity index (χ4n) is 3.43. The van der Waals surface area contributed by atoms with Crippen LogP contribution in [0.4, 0.5) is 0 Å². The fraction of sp³-hybridized carbons (Fsp3) is 0.250. The van der Waals surface area contributed by atoms with E-state index in [1.165, 1.54) is 11.8 Å². The van der Waals surface area contributed by atoms with Crippen molar-refractivity contribution in [3.05, 3.63) is 88.2 Å². The van der Waals surface area contributed by atoms with E-state index in [-0.39, 0.29) is 5.78 Å². The van der Waals surface area contributed by atoms with Gasteiger partial charge in [-0.05, 0) is 6.42 Å². The molecule has 152 valence electrons. The molecule has 30 heavy (non-hydrogen) atoms. The molecule has 4 rings (SSSR count). The molecule has 2 aliphatic heterocycles. The van der Waals surface area contributed by atoms with E-state index < -0.39 is 0 Å². The maximum Gasteiger partial charge on any atom is 0.210 e. The first kappa shape index (κ1) is 20.3. The van der Waals surface area contributed by atoms with Gasteiger partial charge in [-0.3, -0.25) is 4.79 Å². The zero-order chi connectivity index (χ0) is 20.8. The molecule has 1 fully saturated rings. The van der Waals surface area contributed by atoms with Crippen molar-refractivity contribution in [2.24, 2.45) is 0 Å². The molecule has 0 aliphatic carbocycles. The Morgan fingerprint density at radius 1 is 1.00 bits per heavy atom. The summed E-state index contributed by atoms with van der Waals surface area (Å²) in [5.41, 5.74) is 2.04. The average Bonchev–Trinajstić information content (AvgIpc) is 2.81. The zero-order valence-corrected chi connectivity index (χ0v) is 17.4. The summed E-state index contributed by atoms with van der Waals surface area (Å²) in [6.07, 6.45) is 0.543. The number of benzene rings is 2. The minimum absolute atomic E-state index is 0.0683. The van der Waals surface area contributed by atoms with Crippen molar-refractivity contribution in [2.45, 2.75) is 6.42 Å². The predicted octanol–water partition coefficient (Wildman–Crippen LogP) is 4.46. The molecule has 2 aromatic rings. The minimum atomic E-state index is -0.0683. The number of thioether (sulfide) groups is 1. The molecule has 0 atom stereocenters. The normalized spacial score (nSPS) is 22.4. The maximum absolute atomic E-state index is 13.4. The highest BCUT2D eigenvalue weighted by Crippen LogP contribution is 2.37. The summed E-state index contributed by atoms with van der Waals surface area (Å²) in [7, 11) is 0. The molecule has 0 aromatic heterocycles. The van der Waals surface area contributed by atoms with Gasteiger partial charge in [-0.2, -0.15) is 5.26 Å². The van der Waals surface area contributed by atoms with Gasteiger partial charge in [0.2, 0.25) is 11.7 Å². The van der Waals surface area contributed by atoms with Gasteiger partial charge >= 0.3 is 0 Å². The van der Waals surface area contributed by atoms with E-state index in [0.717, 1.165) is 5.56 Å². The number of nitriles is 1. The van der Waals surface area contributed by atoms with Crippen molar-refractivity contribution in [1.82, 2.24) is 4.90 Å². The summed E-state index contributed by atoms with van der Waals surface area (Å²) in [6, 6.07) is 21.2. The molecule has 2 aliphatic rings. The van der Waals surface area contributed by atoms with E-state index in [9.17, 15) is 10.1 Å². The third-order valence-corrected chi connectivity index (χ3v) is 6.04. The van der Waals surface area contributed by atoms with Gasteiger partial charge in [-0.15, -0.1) is 11.8 Å². The minimum Gasteiger partial charge on any atom is -0.438 e. The van der Waals surface area contributed by atoms with Crippen molar-refractivity contribution < 1.29 is 14.3 Å². The second-order valence-electron chi connectivity index (χ2n) is 6.91. The van der Waals surface area contributed by atoms with E-state index >= 15 is 0 Å². The Hall–Kier alpha value is -3.01. The zero-order valence-electron chi connectivity index (χ0n) is 16.5. The first-order valence-corrected chi connectivity index (χ1v) is 10.9. The highest BCUT2D eigenvalue weighted by Gasteiger charge is 2.28. The van der Waals surface area contributed by atoms with Crippen LogP contribution in [-0.2, 0) is 9.47 Å². The predicted molar refractivity (Wildman–Crippen MR) is 117 cm³/mol. The van der Waals surface area contributed by atoms with Crippen molar-refractivity contribution >= 4 is 23.3 Å². The lowest BCUT2D eigenvalue weighted by atomic mass is 10.1. The lowest BCUT2D eigenvalue weighted by Crippen LogP contribution is -2.37. The number of morpholine rings is 1. The van der Waals surface area contributed by atoms with Gasteiger partial charge in [0.15, 0.2) is 5.76 Å². The van der Waals surface area contributed by atoms with Crippen molar-refractivity contribution in [1.29, 1.82) is 5.26 Å². The number of nitrogens with zero attached hydrogens (tertiary/aromatic N) is 2. The maximum atomic E-state index is 13.4. The Kier molecular flexibility index (Phi) is 6.53. The molecule has 0 radical (unpaired) electrons. The molecule has 0 saturated carbocycles. The molecule has 1 saturated heterocycles. The van der Waals surface area contributed by atoms with Crippen LogP contribution in [0.5, 0.6) is 0 Å². The molecule has 0 bridgehead atoms. The molecule has 0 amide bonds. The highest BCUT2D eigenvalue weighted by molar-refractivity contribution is 8.04. The largest absolute Gasteiger partial charge is 0.438 e. The number of allylic oxidation sites excluding steroid dienone is 2. The number of carbonyl (C=O) groups is 1. The summed E-state index contributed by atoms with van der Waals surface area (Å²) in [5.74, 6) is 1.60. The van der Waals surface area contributed by atoms with E-state index in [0.29, 0.717) is 66.2 Å². The summed E-state index contributed by atoms with van der Waals surface area (Å²) in [5, 5.41) is 9.78. The summed E-state index contributed by atoms with van der Waals surface area (Å²) >= 11 is 1.45. The summed E-state index contributed by atoms with van der Waals surface area (Å²) < 4.78 is 11.9. The number of ketones is 1. The van der Waals surface area contributed by atoms with Crippen molar-refractivity contribution in [2.75, 3.05) is 32.1 Å². The van der Waals surface area contributed by atoms with Crippen LogP contribution in [0.3, 0.4) is 0 Å². The number of hydrogen-bond acceptors (Lipinski definition) is 6. The smallest absolute Gasteiger partial charge is 0.210 e. The average molecular weight is 419 g/mol. The monoisotopic (exact) mass is 418 g/mol. The second-order valence-corrected chi connectivity index (χ2v) is 8.02. The fourth-order valence-corrected chi connectivity index (χ4v) is 4.48. The van der Waals surface area contributed by atoms with E-state index in [2.05, 4.69) is 6.07 Å². The molecule has 2 aromatic carbocycles. The van der Waals surface area contributed by atoms with Gasteiger partial charge in [0, 0.05) is 30.0 Å². The SMILES string of the molecule is N#C/C1=C(\N2CCOCC2)O/C(c2ccccc2)=C(/C(=O)c2ccccc2)SCC1. The number of carbonyl (C=O) groups excluding carboxylic acids is 1. The van der Waals surface area contributed by atoms with E-state index in [4.69, 9.17) is 9.47 Å². The van der Waals surface area contributed by atoms with Crippen LogP contribution < -0.4 is 0 Å². The third-order valence-electron chi connectivity index (χ3n) is 4.97. The Bertz CT molecular complexity index is 1000. The van der Waals surface area contributed by atoms with Gasteiger partial charge in [0.05, 0.1) is 23.7 Å². The Morgan fingerprint density at radius 3 is 2.33 bits per heavy atom. The van der Waals surface area contributed by atoms with Crippen LogP contribution in [0.1, 0.15) is 22.3 Å². The standard InChI is InChI=1S/C24H22N2O3S/c25-17-20-11-16-30-23(21(27)18-7-3-1-4-8-18)22(19-9-5-2-6-10-19)29-24(20)26-12-14-28-15-13-26/h1-10H,11-16H2/b23-22-,24-20+. The Balaban J connectivity index is 1.83. The third kappa shape index (κ3) is 4.43. The topological polar surface area (TPSA) is 62.6 Å². The first-order valence-electron chi connectivity index (χ1n) is 9.94. The van der Waals surface area contributed by atoms with Crippen LogP contribution in [0.25, 0.3) is 5.76 Å². The van der Waals surface area contributed by atoms with Crippen LogP contribution in [0.2, 0.25) is 0 Å². The molecular formula is C24H22N2O3S. The highest BCUT2D eigenvalue weighted by atomic mass is 32.2. The molecule has 0 unspecified atom stereocenters. The number of hydrogen-bond donors (Lipinski definition) is 0. The van der Waals surface area contributed by atoms with E-state index in [1.54, 1.807) is 0 Å². The quantitative estimate of drug-likeness (QED) is 0.683. The lowest BCUT2D eigenvalue weighted by Gasteiger charge is -2.33. The van der Waals surface area contributed by atoms with E-state index in [1.807, 2.05) is 65.6 Å². The number of ether oxygens (including phenoxy) is 2. The second kappa shape index (κ2) is 9.66. The van der Waals surface area contributed by atoms with Gasteiger partial charge in [0.1, 0.15) is 6.07 Å². The van der Waals surface area contributed by atoms with Crippen LogP contribution >= 0.6 is 11.8 Å². The summed E-state index contributed by atoms with van der Waals surface area (Å²) in [6.45, 7) is 2.47. The van der Waals surface area contributed by atoms with Crippen LogP contribution in [-0.4, -0.2) is 42.7 Å². The number of rotatable bonds is 4. The van der Waals surface area contributed by atoms with Crippen LogP contribution in [0.15, 0.2) is 77.0 Å². The number of Topliss-reactive ketones (excluding diaryl/α,β-unsaturated/α-hetero) is 1. The molecular weight excluding hydrogens is 396 g/mol. The summed E-state index contributed by atoms with van der Waals surface area (Å²) in [4.78, 5) is 16.0. The van der Waals surface area contributed by atoms with Gasteiger partial charge in [-0.1, -0.05) is 60.7 Å². The van der Waals surface area contributed by atoms with Gasteiger partial charge < -0.3 is 14.4 Å². The molecule has 0 N–H and O–H groups in total. The van der Waals surface area contributed by atoms with Gasteiger partial charge in [-0.25, -0.2) is 0 Å². The first-order chi connectivity index (χ1) is 14.8. The van der Waals surface area contributed by atoms with Crippen molar-refractivity contribution in [3.8, 4) is 6.07 Å². The van der Waals surface area contributed by atoms with Crippen LogP contribution in [0, 0.1) is 11.3 Å².